The summed E-state index contributed by atoms with van der Waals surface area (Å²) in [5, 5.41) is 3.42. The Hall–Kier alpha value is -1.42. The normalized spacial score (nSPS) is 19.2. The fourth-order valence-corrected chi connectivity index (χ4v) is 2.43. The van der Waals surface area contributed by atoms with Crippen LogP contribution >= 0.6 is 0 Å². The van der Waals surface area contributed by atoms with Crippen LogP contribution in [0.2, 0.25) is 0 Å². The SMILES string of the molecule is CN(C)C(=O)CCc1cccc([C@H]2CCCNC2)n1. The highest BCUT2D eigenvalue weighted by atomic mass is 16.2. The second kappa shape index (κ2) is 6.66. The number of nitrogens with zero attached hydrogens (tertiary/aromatic N) is 2. The standard InChI is InChI=1S/C15H23N3O/c1-18(2)15(19)9-8-13-6-3-7-14(17-13)12-5-4-10-16-11-12/h3,6-7,12,16H,4-5,8-11H2,1-2H3/t12-/m0/s1. The van der Waals surface area contributed by atoms with Crippen LogP contribution in [0.4, 0.5) is 0 Å². The van der Waals surface area contributed by atoms with Gasteiger partial charge in [0.05, 0.1) is 0 Å². The van der Waals surface area contributed by atoms with Crippen LogP contribution in [0.5, 0.6) is 0 Å². The van der Waals surface area contributed by atoms with E-state index in [0.29, 0.717) is 12.3 Å². The third-order valence-corrected chi connectivity index (χ3v) is 3.64. The summed E-state index contributed by atoms with van der Waals surface area (Å²) in [6, 6.07) is 6.18. The predicted molar refractivity (Wildman–Crippen MR) is 76.1 cm³/mol. The molecule has 1 aliphatic rings. The molecule has 2 heterocycles. The van der Waals surface area contributed by atoms with Crippen LogP contribution in [0.1, 0.15) is 36.6 Å². The Labute approximate surface area is 115 Å². The number of rotatable bonds is 4. The fraction of sp³-hybridized carbons (Fsp3) is 0.600. The molecule has 0 aromatic carbocycles. The van der Waals surface area contributed by atoms with E-state index in [1.165, 1.54) is 18.5 Å². The minimum Gasteiger partial charge on any atom is -0.349 e. The van der Waals surface area contributed by atoms with Gasteiger partial charge in [0.15, 0.2) is 0 Å². The van der Waals surface area contributed by atoms with Crippen LogP contribution in [-0.2, 0) is 11.2 Å². The van der Waals surface area contributed by atoms with E-state index in [4.69, 9.17) is 4.98 Å². The summed E-state index contributed by atoms with van der Waals surface area (Å²) in [6.07, 6.45) is 3.69. The lowest BCUT2D eigenvalue weighted by molar-refractivity contribution is -0.128. The van der Waals surface area contributed by atoms with Gasteiger partial charge in [0.25, 0.3) is 0 Å². The molecule has 0 saturated carbocycles. The van der Waals surface area contributed by atoms with Crippen molar-refractivity contribution in [2.45, 2.75) is 31.6 Å². The van der Waals surface area contributed by atoms with Crippen molar-refractivity contribution in [2.75, 3.05) is 27.2 Å². The number of aryl methyl sites for hydroxylation is 1. The Morgan fingerprint density at radius 1 is 1.47 bits per heavy atom. The van der Waals surface area contributed by atoms with Gasteiger partial charge in [0.1, 0.15) is 0 Å². The van der Waals surface area contributed by atoms with E-state index in [1.807, 2.05) is 6.07 Å². The van der Waals surface area contributed by atoms with Crippen molar-refractivity contribution in [1.82, 2.24) is 15.2 Å². The number of hydrogen-bond acceptors (Lipinski definition) is 3. The molecule has 1 atom stereocenters. The number of amides is 1. The maximum absolute atomic E-state index is 11.6. The summed E-state index contributed by atoms with van der Waals surface area (Å²) >= 11 is 0. The maximum atomic E-state index is 11.6. The van der Waals surface area contributed by atoms with E-state index < -0.39 is 0 Å². The first-order valence-electron chi connectivity index (χ1n) is 7.03. The first-order valence-corrected chi connectivity index (χ1v) is 7.03. The average Bonchev–Trinajstić information content (AvgIpc) is 2.46. The topological polar surface area (TPSA) is 45.2 Å². The van der Waals surface area contributed by atoms with E-state index in [0.717, 1.165) is 25.2 Å². The lowest BCUT2D eigenvalue weighted by Crippen LogP contribution is -2.29. The number of pyridine rings is 1. The zero-order valence-electron chi connectivity index (χ0n) is 11.9. The smallest absolute Gasteiger partial charge is 0.222 e. The molecule has 0 bridgehead atoms. The van der Waals surface area contributed by atoms with Gasteiger partial charge in [-0.3, -0.25) is 9.78 Å². The van der Waals surface area contributed by atoms with Crippen LogP contribution in [0, 0.1) is 0 Å². The largest absolute Gasteiger partial charge is 0.349 e. The summed E-state index contributed by atoms with van der Waals surface area (Å²) in [5.41, 5.74) is 2.19. The van der Waals surface area contributed by atoms with Crippen molar-refractivity contribution in [3.05, 3.63) is 29.6 Å². The molecule has 19 heavy (non-hydrogen) atoms. The molecular weight excluding hydrogens is 238 g/mol. The minimum atomic E-state index is 0.159. The van der Waals surface area contributed by atoms with Gasteiger partial charge in [0.2, 0.25) is 5.91 Å². The molecule has 4 heteroatoms. The first-order chi connectivity index (χ1) is 9.16. The third kappa shape index (κ3) is 4.03. The molecule has 0 radical (unpaired) electrons. The van der Waals surface area contributed by atoms with Gasteiger partial charge in [0, 0.05) is 44.4 Å². The Kier molecular flexibility index (Phi) is 4.91. The predicted octanol–water partition coefficient (Wildman–Crippen LogP) is 1.57. The highest BCUT2D eigenvalue weighted by Crippen LogP contribution is 2.21. The third-order valence-electron chi connectivity index (χ3n) is 3.64. The molecule has 1 aliphatic heterocycles. The Bertz CT molecular complexity index is 425. The summed E-state index contributed by atoms with van der Waals surface area (Å²) in [6.45, 7) is 2.14. The van der Waals surface area contributed by atoms with Gasteiger partial charge in [-0.15, -0.1) is 0 Å². The summed E-state index contributed by atoms with van der Waals surface area (Å²) in [5.74, 6) is 0.685. The second-order valence-corrected chi connectivity index (χ2v) is 5.39. The van der Waals surface area contributed by atoms with Crippen LogP contribution in [-0.4, -0.2) is 43.0 Å². The van der Waals surface area contributed by atoms with Crippen molar-refractivity contribution < 1.29 is 4.79 Å². The number of piperidine rings is 1. The lowest BCUT2D eigenvalue weighted by Gasteiger charge is -2.22. The lowest BCUT2D eigenvalue weighted by atomic mass is 9.95. The van der Waals surface area contributed by atoms with Crippen molar-refractivity contribution in [3.8, 4) is 0 Å². The molecule has 1 saturated heterocycles. The number of nitrogens with one attached hydrogen (secondary N) is 1. The maximum Gasteiger partial charge on any atom is 0.222 e. The highest BCUT2D eigenvalue weighted by Gasteiger charge is 2.16. The fourth-order valence-electron chi connectivity index (χ4n) is 2.43. The van der Waals surface area contributed by atoms with E-state index in [9.17, 15) is 4.79 Å². The van der Waals surface area contributed by atoms with Gasteiger partial charge in [-0.1, -0.05) is 6.07 Å². The molecule has 1 aromatic rings. The molecular formula is C15H23N3O. The van der Waals surface area contributed by atoms with Gasteiger partial charge in [-0.2, -0.15) is 0 Å². The second-order valence-electron chi connectivity index (χ2n) is 5.39. The van der Waals surface area contributed by atoms with Crippen LogP contribution < -0.4 is 5.32 Å². The molecule has 1 aromatic heterocycles. The van der Waals surface area contributed by atoms with Gasteiger partial charge in [-0.05, 0) is 37.9 Å². The molecule has 1 N–H and O–H groups in total. The molecule has 0 spiro atoms. The average molecular weight is 261 g/mol. The number of carbonyl (C=O) groups is 1. The zero-order valence-corrected chi connectivity index (χ0v) is 11.9. The van der Waals surface area contributed by atoms with Crippen LogP contribution in [0.25, 0.3) is 0 Å². The molecule has 104 valence electrons. The summed E-state index contributed by atoms with van der Waals surface area (Å²) < 4.78 is 0. The van der Waals surface area contributed by atoms with Crippen LogP contribution in [0.15, 0.2) is 18.2 Å². The molecule has 4 nitrogen and oxygen atoms in total. The summed E-state index contributed by atoms with van der Waals surface area (Å²) in [7, 11) is 3.58. The molecule has 0 unspecified atom stereocenters. The Morgan fingerprint density at radius 2 is 2.32 bits per heavy atom. The van der Waals surface area contributed by atoms with Gasteiger partial charge >= 0.3 is 0 Å². The molecule has 0 aliphatic carbocycles. The number of carbonyl (C=O) groups excluding carboxylic acids is 1. The monoisotopic (exact) mass is 261 g/mol. The van der Waals surface area contributed by atoms with E-state index in [2.05, 4.69) is 17.4 Å². The van der Waals surface area contributed by atoms with Crippen molar-refractivity contribution in [3.63, 3.8) is 0 Å². The Morgan fingerprint density at radius 3 is 3.00 bits per heavy atom. The number of hydrogen-bond donors (Lipinski definition) is 1. The highest BCUT2D eigenvalue weighted by molar-refractivity contribution is 5.75. The Balaban J connectivity index is 1.96. The molecule has 1 fully saturated rings. The minimum absolute atomic E-state index is 0.159. The summed E-state index contributed by atoms with van der Waals surface area (Å²) in [4.78, 5) is 17.9. The zero-order chi connectivity index (χ0) is 13.7. The molecule has 2 rings (SSSR count). The van der Waals surface area contributed by atoms with Crippen molar-refractivity contribution in [1.29, 1.82) is 0 Å². The first kappa shape index (κ1) is 14.0. The van der Waals surface area contributed by atoms with Gasteiger partial charge < -0.3 is 10.2 Å². The van der Waals surface area contributed by atoms with Crippen molar-refractivity contribution >= 4 is 5.91 Å². The van der Waals surface area contributed by atoms with E-state index in [-0.39, 0.29) is 5.91 Å². The van der Waals surface area contributed by atoms with Crippen molar-refractivity contribution in [2.24, 2.45) is 0 Å². The van der Waals surface area contributed by atoms with E-state index >= 15 is 0 Å². The van der Waals surface area contributed by atoms with E-state index in [1.54, 1.807) is 19.0 Å². The number of aromatic nitrogens is 1. The quantitative estimate of drug-likeness (QED) is 0.895. The molecule has 1 amide bonds. The van der Waals surface area contributed by atoms with Gasteiger partial charge in [-0.25, -0.2) is 0 Å². The van der Waals surface area contributed by atoms with Crippen LogP contribution in [0.3, 0.4) is 0 Å².